The Morgan fingerprint density at radius 2 is 1.50 bits per heavy atom. The number of nitrogens with zero attached hydrogens (tertiary/aromatic N) is 1. The summed E-state index contributed by atoms with van der Waals surface area (Å²) < 4.78 is 32.6. The number of ketones is 1. The first-order valence-electron chi connectivity index (χ1n) is 10.5. The summed E-state index contributed by atoms with van der Waals surface area (Å²) in [5, 5.41) is 0. The molecule has 32 heavy (non-hydrogen) atoms. The van der Waals surface area contributed by atoms with Crippen molar-refractivity contribution in [3.05, 3.63) is 107 Å². The van der Waals surface area contributed by atoms with Crippen LogP contribution < -0.4 is 0 Å². The summed E-state index contributed by atoms with van der Waals surface area (Å²) >= 11 is 0. The van der Waals surface area contributed by atoms with Crippen molar-refractivity contribution >= 4 is 11.8 Å². The predicted molar refractivity (Wildman–Crippen MR) is 116 cm³/mol. The van der Waals surface area contributed by atoms with E-state index in [1.165, 1.54) is 6.07 Å². The van der Waals surface area contributed by atoms with Crippen LogP contribution in [0.4, 0.5) is 8.78 Å². The number of esters is 1. The first-order valence-corrected chi connectivity index (χ1v) is 10.5. The van der Waals surface area contributed by atoms with Gasteiger partial charge in [0, 0.05) is 25.6 Å². The SMILES string of the molecule is O=C(OCc1ccccc1)C(=O)[C@@H]1CN(Cc2ccccc2)C[C@H]1c1ccc(F)c(F)c1. The van der Waals surface area contributed by atoms with Gasteiger partial charge in [-0.3, -0.25) is 9.69 Å². The zero-order valence-electron chi connectivity index (χ0n) is 17.4. The lowest BCUT2D eigenvalue weighted by Crippen LogP contribution is -2.30. The number of carbonyl (C=O) groups excluding carboxylic acids is 2. The summed E-state index contributed by atoms with van der Waals surface area (Å²) in [7, 11) is 0. The third-order valence-corrected chi connectivity index (χ3v) is 5.77. The Bertz CT molecular complexity index is 1090. The number of hydrogen-bond donors (Lipinski definition) is 0. The van der Waals surface area contributed by atoms with Crippen LogP contribution in [0.15, 0.2) is 78.9 Å². The van der Waals surface area contributed by atoms with E-state index in [1.807, 2.05) is 53.4 Å². The Kier molecular flexibility index (Phi) is 6.71. The lowest BCUT2D eigenvalue weighted by molar-refractivity contribution is -0.156. The summed E-state index contributed by atoms with van der Waals surface area (Å²) in [4.78, 5) is 27.6. The molecule has 1 aliphatic heterocycles. The van der Waals surface area contributed by atoms with Gasteiger partial charge in [0.1, 0.15) is 6.61 Å². The monoisotopic (exact) mass is 435 g/mol. The van der Waals surface area contributed by atoms with E-state index in [0.29, 0.717) is 25.2 Å². The second-order valence-corrected chi connectivity index (χ2v) is 7.99. The lowest BCUT2D eigenvalue weighted by atomic mass is 9.86. The number of carbonyl (C=O) groups is 2. The Morgan fingerprint density at radius 3 is 2.16 bits per heavy atom. The summed E-state index contributed by atoms with van der Waals surface area (Å²) in [6, 6.07) is 22.5. The summed E-state index contributed by atoms with van der Waals surface area (Å²) in [6.07, 6.45) is 0. The van der Waals surface area contributed by atoms with Crippen LogP contribution in [0.25, 0.3) is 0 Å². The molecule has 1 heterocycles. The number of benzene rings is 3. The van der Waals surface area contributed by atoms with E-state index in [9.17, 15) is 18.4 Å². The normalized spacial score (nSPS) is 18.4. The van der Waals surface area contributed by atoms with Gasteiger partial charge in [-0.1, -0.05) is 66.7 Å². The van der Waals surface area contributed by atoms with Crippen molar-refractivity contribution in [2.45, 2.75) is 19.1 Å². The summed E-state index contributed by atoms with van der Waals surface area (Å²) in [5.74, 6) is -4.61. The zero-order valence-corrected chi connectivity index (χ0v) is 17.4. The molecule has 3 aromatic rings. The van der Waals surface area contributed by atoms with E-state index >= 15 is 0 Å². The van der Waals surface area contributed by atoms with E-state index < -0.39 is 35.2 Å². The molecule has 164 valence electrons. The van der Waals surface area contributed by atoms with Crippen LogP contribution in [0.1, 0.15) is 22.6 Å². The van der Waals surface area contributed by atoms with Crippen molar-refractivity contribution < 1.29 is 23.1 Å². The molecule has 0 radical (unpaired) electrons. The fourth-order valence-electron chi connectivity index (χ4n) is 4.15. The maximum absolute atomic E-state index is 13.9. The number of ether oxygens (including phenoxy) is 1. The van der Waals surface area contributed by atoms with Crippen LogP contribution in [0.5, 0.6) is 0 Å². The highest BCUT2D eigenvalue weighted by molar-refractivity contribution is 6.34. The molecule has 1 saturated heterocycles. The fourth-order valence-corrected chi connectivity index (χ4v) is 4.15. The molecular formula is C26H23F2NO3. The van der Waals surface area contributed by atoms with Crippen molar-refractivity contribution in [1.29, 1.82) is 0 Å². The van der Waals surface area contributed by atoms with Gasteiger partial charge in [0.2, 0.25) is 5.78 Å². The summed E-state index contributed by atoms with van der Waals surface area (Å²) in [5.41, 5.74) is 2.34. The molecule has 0 aliphatic carbocycles. The fraction of sp³-hybridized carbons (Fsp3) is 0.231. The van der Waals surface area contributed by atoms with Crippen molar-refractivity contribution in [1.82, 2.24) is 4.90 Å². The van der Waals surface area contributed by atoms with Crippen molar-refractivity contribution in [3.8, 4) is 0 Å². The molecule has 2 atom stereocenters. The van der Waals surface area contributed by atoms with Crippen molar-refractivity contribution in [3.63, 3.8) is 0 Å². The van der Waals surface area contributed by atoms with E-state index in [-0.39, 0.29) is 6.61 Å². The van der Waals surface area contributed by atoms with Gasteiger partial charge in [-0.25, -0.2) is 13.6 Å². The molecule has 0 saturated carbocycles. The average molecular weight is 435 g/mol. The molecule has 0 amide bonds. The first-order chi connectivity index (χ1) is 15.5. The van der Waals surface area contributed by atoms with Crippen LogP contribution in [-0.2, 0) is 27.5 Å². The Morgan fingerprint density at radius 1 is 0.844 bits per heavy atom. The van der Waals surface area contributed by atoms with Crippen LogP contribution in [-0.4, -0.2) is 29.7 Å². The van der Waals surface area contributed by atoms with Crippen LogP contribution >= 0.6 is 0 Å². The van der Waals surface area contributed by atoms with Gasteiger partial charge >= 0.3 is 5.97 Å². The quantitative estimate of drug-likeness (QED) is 0.405. The predicted octanol–water partition coefficient (Wildman–Crippen LogP) is 4.49. The molecule has 0 N–H and O–H groups in total. The molecule has 0 bridgehead atoms. The number of Topliss-reactive ketones (excluding diaryl/α,β-unsaturated/α-hetero) is 1. The second kappa shape index (κ2) is 9.83. The molecular weight excluding hydrogens is 412 g/mol. The Labute approximate surface area is 185 Å². The maximum Gasteiger partial charge on any atom is 0.375 e. The largest absolute Gasteiger partial charge is 0.455 e. The van der Waals surface area contributed by atoms with Crippen LogP contribution in [0.2, 0.25) is 0 Å². The van der Waals surface area contributed by atoms with Gasteiger partial charge in [0.05, 0.1) is 5.92 Å². The molecule has 4 nitrogen and oxygen atoms in total. The molecule has 3 aromatic carbocycles. The minimum Gasteiger partial charge on any atom is -0.455 e. The third kappa shape index (κ3) is 5.08. The van der Waals surface area contributed by atoms with Gasteiger partial charge in [0.25, 0.3) is 0 Å². The van der Waals surface area contributed by atoms with Crippen molar-refractivity contribution in [2.24, 2.45) is 5.92 Å². The van der Waals surface area contributed by atoms with E-state index in [0.717, 1.165) is 23.3 Å². The van der Waals surface area contributed by atoms with E-state index in [4.69, 9.17) is 4.74 Å². The molecule has 4 rings (SSSR count). The summed E-state index contributed by atoms with van der Waals surface area (Å²) in [6.45, 7) is 1.37. The van der Waals surface area contributed by atoms with Gasteiger partial charge in [-0.05, 0) is 28.8 Å². The van der Waals surface area contributed by atoms with Gasteiger partial charge < -0.3 is 4.74 Å². The van der Waals surface area contributed by atoms with Crippen LogP contribution in [0.3, 0.4) is 0 Å². The molecule has 0 unspecified atom stereocenters. The molecule has 6 heteroatoms. The minimum absolute atomic E-state index is 0.00169. The Balaban J connectivity index is 1.52. The van der Waals surface area contributed by atoms with Crippen LogP contribution in [0, 0.1) is 17.6 Å². The molecule has 0 aromatic heterocycles. The van der Waals surface area contributed by atoms with E-state index in [2.05, 4.69) is 0 Å². The number of hydrogen-bond acceptors (Lipinski definition) is 4. The smallest absolute Gasteiger partial charge is 0.375 e. The van der Waals surface area contributed by atoms with Gasteiger partial charge in [-0.2, -0.15) is 0 Å². The zero-order chi connectivity index (χ0) is 22.5. The number of likely N-dealkylation sites (tertiary alicyclic amines) is 1. The first kappa shape index (κ1) is 21.8. The second-order valence-electron chi connectivity index (χ2n) is 7.99. The topological polar surface area (TPSA) is 46.6 Å². The maximum atomic E-state index is 13.9. The number of halogens is 2. The molecule has 1 fully saturated rings. The highest BCUT2D eigenvalue weighted by Crippen LogP contribution is 2.35. The molecule has 0 spiro atoms. The third-order valence-electron chi connectivity index (χ3n) is 5.77. The highest BCUT2D eigenvalue weighted by atomic mass is 19.2. The van der Waals surface area contributed by atoms with Gasteiger partial charge in [0.15, 0.2) is 11.6 Å². The minimum atomic E-state index is -0.970. The average Bonchev–Trinajstić information content (AvgIpc) is 3.23. The highest BCUT2D eigenvalue weighted by Gasteiger charge is 2.41. The Hall–Kier alpha value is -3.38. The molecule has 1 aliphatic rings. The van der Waals surface area contributed by atoms with Crippen molar-refractivity contribution in [2.75, 3.05) is 13.1 Å². The number of rotatable bonds is 7. The van der Waals surface area contributed by atoms with E-state index in [1.54, 1.807) is 12.1 Å². The van der Waals surface area contributed by atoms with Gasteiger partial charge in [-0.15, -0.1) is 0 Å². The standard InChI is InChI=1S/C26H23F2NO3/c27-23-12-11-20(13-24(23)28)21-15-29(14-18-7-3-1-4-8-18)16-22(21)25(30)26(31)32-17-19-9-5-2-6-10-19/h1-13,21-22H,14-17H2/t21-,22+/m0/s1. The lowest BCUT2D eigenvalue weighted by Gasteiger charge is -2.17.